The van der Waals surface area contributed by atoms with Gasteiger partial charge in [0.05, 0.1) is 18.5 Å². The van der Waals surface area contributed by atoms with E-state index in [9.17, 15) is 0 Å². The number of H-pyrrole nitrogens is 1. The van der Waals surface area contributed by atoms with Gasteiger partial charge in [0, 0.05) is 23.5 Å². The Bertz CT molecular complexity index is 660. The molecule has 94 valence electrons. The highest BCUT2D eigenvalue weighted by atomic mass is 16.3. The number of aliphatic hydroxyl groups is 1. The van der Waals surface area contributed by atoms with Gasteiger partial charge >= 0.3 is 0 Å². The van der Waals surface area contributed by atoms with Crippen LogP contribution in [0.15, 0.2) is 55.0 Å². The molecule has 0 bridgehead atoms. The summed E-state index contributed by atoms with van der Waals surface area (Å²) in [5, 5.41) is 15.9. The Morgan fingerprint density at radius 1 is 1.00 bits per heavy atom. The summed E-state index contributed by atoms with van der Waals surface area (Å²) in [6.07, 6.45) is 5.37. The Balaban J connectivity index is 1.94. The van der Waals surface area contributed by atoms with E-state index < -0.39 is 0 Å². The van der Waals surface area contributed by atoms with Crippen LogP contribution in [0.4, 0.5) is 0 Å². The molecule has 4 heteroatoms. The molecule has 2 aromatic heterocycles. The van der Waals surface area contributed by atoms with Crippen molar-refractivity contribution < 1.29 is 5.11 Å². The van der Waals surface area contributed by atoms with E-state index in [0.717, 1.165) is 27.9 Å². The molecule has 3 aromatic rings. The fourth-order valence-corrected chi connectivity index (χ4v) is 1.97. The number of pyridine rings is 1. The maximum Gasteiger partial charge on any atom is 0.0705 e. The van der Waals surface area contributed by atoms with Crippen molar-refractivity contribution in [2.24, 2.45) is 0 Å². The lowest BCUT2D eigenvalue weighted by atomic mass is 10.0. The first-order valence-electron chi connectivity index (χ1n) is 6.02. The highest BCUT2D eigenvalue weighted by Gasteiger charge is 2.02. The summed E-state index contributed by atoms with van der Waals surface area (Å²) >= 11 is 0. The summed E-state index contributed by atoms with van der Waals surface area (Å²) in [4.78, 5) is 4.32. The zero-order valence-electron chi connectivity index (χ0n) is 10.2. The van der Waals surface area contributed by atoms with Crippen molar-refractivity contribution in [3.63, 3.8) is 0 Å². The van der Waals surface area contributed by atoms with Gasteiger partial charge in [-0.2, -0.15) is 5.10 Å². The van der Waals surface area contributed by atoms with E-state index in [1.54, 1.807) is 12.4 Å². The van der Waals surface area contributed by atoms with E-state index in [2.05, 4.69) is 15.2 Å². The molecule has 1 aromatic carbocycles. The maximum absolute atomic E-state index is 9.14. The first-order chi connectivity index (χ1) is 9.36. The summed E-state index contributed by atoms with van der Waals surface area (Å²) < 4.78 is 0. The van der Waals surface area contributed by atoms with E-state index in [0.29, 0.717) is 0 Å². The van der Waals surface area contributed by atoms with Crippen molar-refractivity contribution in [2.45, 2.75) is 6.61 Å². The monoisotopic (exact) mass is 251 g/mol. The van der Waals surface area contributed by atoms with Gasteiger partial charge in [0.25, 0.3) is 0 Å². The van der Waals surface area contributed by atoms with Crippen LogP contribution in [0.2, 0.25) is 0 Å². The van der Waals surface area contributed by atoms with Gasteiger partial charge in [0.2, 0.25) is 0 Å². The van der Waals surface area contributed by atoms with Gasteiger partial charge in [-0.3, -0.25) is 10.1 Å². The molecular formula is C15H13N3O. The second-order valence-electron chi connectivity index (χ2n) is 4.27. The van der Waals surface area contributed by atoms with Crippen LogP contribution in [0.25, 0.3) is 22.4 Å². The number of hydrogen-bond donors (Lipinski definition) is 2. The van der Waals surface area contributed by atoms with Crippen molar-refractivity contribution in [3.8, 4) is 22.4 Å². The number of benzene rings is 1. The third-order valence-corrected chi connectivity index (χ3v) is 3.02. The molecular weight excluding hydrogens is 238 g/mol. The van der Waals surface area contributed by atoms with E-state index in [1.807, 2.05) is 42.6 Å². The Kier molecular flexibility index (Phi) is 3.08. The number of rotatable bonds is 3. The lowest BCUT2D eigenvalue weighted by Crippen LogP contribution is -1.88. The third kappa shape index (κ3) is 2.39. The second kappa shape index (κ2) is 5.04. The average molecular weight is 251 g/mol. The molecule has 4 nitrogen and oxygen atoms in total. The second-order valence-corrected chi connectivity index (χ2v) is 4.27. The zero-order valence-corrected chi connectivity index (χ0v) is 10.2. The van der Waals surface area contributed by atoms with Crippen LogP contribution in [0, 0.1) is 0 Å². The molecule has 0 amide bonds. The van der Waals surface area contributed by atoms with E-state index in [4.69, 9.17) is 5.11 Å². The Morgan fingerprint density at radius 2 is 1.79 bits per heavy atom. The highest BCUT2D eigenvalue weighted by molar-refractivity contribution is 5.68. The van der Waals surface area contributed by atoms with Crippen molar-refractivity contribution in [2.75, 3.05) is 0 Å². The van der Waals surface area contributed by atoms with Crippen LogP contribution < -0.4 is 0 Å². The third-order valence-electron chi connectivity index (χ3n) is 3.02. The number of hydrogen-bond acceptors (Lipinski definition) is 3. The fraction of sp³-hybridized carbons (Fsp3) is 0.0667. The van der Waals surface area contributed by atoms with Crippen molar-refractivity contribution in [3.05, 3.63) is 60.6 Å². The number of nitrogens with one attached hydrogen (secondary N) is 1. The molecule has 2 heterocycles. The maximum atomic E-state index is 9.14. The lowest BCUT2D eigenvalue weighted by Gasteiger charge is -2.04. The van der Waals surface area contributed by atoms with Gasteiger partial charge in [-0.1, -0.05) is 24.3 Å². The van der Waals surface area contributed by atoms with Gasteiger partial charge in [0.15, 0.2) is 0 Å². The standard InChI is InChI=1S/C15H13N3O/c19-10-11-5-6-16-15(7-11)13-3-1-12(2-4-13)14-8-17-18-9-14/h1-9,19H,10H2,(H,17,18). The molecule has 0 saturated carbocycles. The zero-order chi connectivity index (χ0) is 13.1. The van der Waals surface area contributed by atoms with E-state index in [-0.39, 0.29) is 6.61 Å². The molecule has 19 heavy (non-hydrogen) atoms. The largest absolute Gasteiger partial charge is 0.392 e. The summed E-state index contributed by atoms with van der Waals surface area (Å²) in [7, 11) is 0. The summed E-state index contributed by atoms with van der Waals surface area (Å²) in [5.74, 6) is 0. The molecule has 0 aliphatic rings. The van der Waals surface area contributed by atoms with E-state index in [1.165, 1.54) is 0 Å². The van der Waals surface area contributed by atoms with Crippen LogP contribution in [-0.4, -0.2) is 20.3 Å². The Morgan fingerprint density at radius 3 is 2.47 bits per heavy atom. The number of aromatic amines is 1. The van der Waals surface area contributed by atoms with Gasteiger partial charge in [0.1, 0.15) is 0 Å². The van der Waals surface area contributed by atoms with Crippen LogP contribution in [0.1, 0.15) is 5.56 Å². The van der Waals surface area contributed by atoms with Crippen LogP contribution in [0.3, 0.4) is 0 Å². The highest BCUT2D eigenvalue weighted by Crippen LogP contribution is 2.23. The number of nitrogens with zero attached hydrogens (tertiary/aromatic N) is 2. The predicted molar refractivity (Wildman–Crippen MR) is 73.2 cm³/mol. The van der Waals surface area contributed by atoms with Crippen LogP contribution in [-0.2, 0) is 6.61 Å². The van der Waals surface area contributed by atoms with Crippen molar-refractivity contribution in [1.82, 2.24) is 15.2 Å². The average Bonchev–Trinajstić information content (AvgIpc) is 3.02. The summed E-state index contributed by atoms with van der Waals surface area (Å²) in [6.45, 7) is 0.0304. The molecule has 0 fully saturated rings. The fourth-order valence-electron chi connectivity index (χ4n) is 1.97. The molecule has 0 radical (unpaired) electrons. The van der Waals surface area contributed by atoms with Crippen molar-refractivity contribution >= 4 is 0 Å². The molecule has 0 aliphatic heterocycles. The lowest BCUT2D eigenvalue weighted by molar-refractivity contribution is 0.282. The van der Waals surface area contributed by atoms with Gasteiger partial charge < -0.3 is 5.11 Å². The first kappa shape index (κ1) is 11.6. The molecule has 0 unspecified atom stereocenters. The predicted octanol–water partition coefficient (Wildman–Crippen LogP) is 2.63. The molecule has 0 saturated heterocycles. The molecule has 0 aliphatic carbocycles. The molecule has 0 atom stereocenters. The normalized spacial score (nSPS) is 10.6. The topological polar surface area (TPSA) is 61.8 Å². The first-order valence-corrected chi connectivity index (χ1v) is 6.02. The summed E-state index contributed by atoms with van der Waals surface area (Å²) in [6, 6.07) is 11.8. The van der Waals surface area contributed by atoms with Gasteiger partial charge in [-0.05, 0) is 23.3 Å². The van der Waals surface area contributed by atoms with Gasteiger partial charge in [-0.25, -0.2) is 0 Å². The van der Waals surface area contributed by atoms with Crippen LogP contribution in [0.5, 0.6) is 0 Å². The Hall–Kier alpha value is -2.46. The Labute approximate surface area is 110 Å². The van der Waals surface area contributed by atoms with Gasteiger partial charge in [-0.15, -0.1) is 0 Å². The minimum absolute atomic E-state index is 0.0304. The number of aromatic nitrogens is 3. The number of aliphatic hydroxyl groups excluding tert-OH is 1. The quantitative estimate of drug-likeness (QED) is 0.752. The minimum Gasteiger partial charge on any atom is -0.392 e. The molecule has 0 spiro atoms. The van der Waals surface area contributed by atoms with Crippen LogP contribution >= 0.6 is 0 Å². The summed E-state index contributed by atoms with van der Waals surface area (Å²) in [5.41, 5.74) is 4.93. The smallest absolute Gasteiger partial charge is 0.0705 e. The SMILES string of the molecule is OCc1ccnc(-c2ccc(-c3cn[nH]c3)cc2)c1. The molecule has 2 N–H and O–H groups in total. The van der Waals surface area contributed by atoms with Crippen molar-refractivity contribution in [1.29, 1.82) is 0 Å². The van der Waals surface area contributed by atoms with E-state index >= 15 is 0 Å². The molecule has 3 rings (SSSR count). The minimum atomic E-state index is 0.0304.